The maximum absolute atomic E-state index is 11.7. The van der Waals surface area contributed by atoms with Gasteiger partial charge in [0, 0.05) is 6.42 Å². The zero-order chi connectivity index (χ0) is 9.97. The van der Waals surface area contributed by atoms with Gasteiger partial charge in [0.2, 0.25) is 0 Å². The first-order chi connectivity index (χ1) is 6.75. The predicted molar refractivity (Wildman–Crippen MR) is 54.4 cm³/mol. The summed E-state index contributed by atoms with van der Waals surface area (Å²) in [7, 11) is 0. The second-order valence-electron chi connectivity index (χ2n) is 4.19. The molecule has 0 bridgehead atoms. The monoisotopic (exact) mass is 192 g/mol. The highest BCUT2D eigenvalue weighted by Gasteiger charge is 2.20. The van der Waals surface area contributed by atoms with Crippen molar-refractivity contribution >= 4 is 5.78 Å². The highest BCUT2D eigenvalue weighted by atomic mass is 16.3. The Morgan fingerprint density at radius 3 is 2.71 bits per heavy atom. The van der Waals surface area contributed by atoms with Gasteiger partial charge in [-0.25, -0.2) is 0 Å². The van der Waals surface area contributed by atoms with Crippen LogP contribution < -0.4 is 0 Å². The van der Waals surface area contributed by atoms with E-state index < -0.39 is 0 Å². The maximum Gasteiger partial charge on any atom is 0.198 e. The van der Waals surface area contributed by atoms with Crippen molar-refractivity contribution in [3.63, 3.8) is 0 Å². The molecule has 76 valence electrons. The summed E-state index contributed by atoms with van der Waals surface area (Å²) in [6.07, 6.45) is 5.67. The first kappa shape index (κ1) is 9.50. The third-order valence-electron chi connectivity index (χ3n) is 2.96. The van der Waals surface area contributed by atoms with Gasteiger partial charge < -0.3 is 4.42 Å². The van der Waals surface area contributed by atoms with E-state index in [1.54, 1.807) is 6.07 Å². The molecule has 0 aliphatic heterocycles. The average molecular weight is 192 g/mol. The summed E-state index contributed by atoms with van der Waals surface area (Å²) in [5, 5.41) is 0. The summed E-state index contributed by atoms with van der Waals surface area (Å²) >= 11 is 0. The van der Waals surface area contributed by atoms with E-state index in [0.717, 1.165) is 5.76 Å². The summed E-state index contributed by atoms with van der Waals surface area (Å²) in [5.41, 5.74) is 0. The average Bonchev–Trinajstić information content (AvgIpc) is 2.75. The normalized spacial score (nSPS) is 17.5. The molecule has 2 nitrogen and oxygen atoms in total. The first-order valence-electron chi connectivity index (χ1n) is 5.35. The van der Waals surface area contributed by atoms with Crippen LogP contribution in [0.25, 0.3) is 0 Å². The van der Waals surface area contributed by atoms with E-state index >= 15 is 0 Å². The molecule has 2 rings (SSSR count). The molecule has 0 N–H and O–H groups in total. The van der Waals surface area contributed by atoms with Gasteiger partial charge in [-0.2, -0.15) is 0 Å². The van der Waals surface area contributed by atoms with Crippen molar-refractivity contribution in [2.75, 3.05) is 0 Å². The van der Waals surface area contributed by atoms with E-state index in [2.05, 4.69) is 0 Å². The van der Waals surface area contributed by atoms with Gasteiger partial charge >= 0.3 is 0 Å². The van der Waals surface area contributed by atoms with Gasteiger partial charge in [0.25, 0.3) is 0 Å². The van der Waals surface area contributed by atoms with Crippen LogP contribution in [0.4, 0.5) is 0 Å². The second kappa shape index (κ2) is 3.99. The Morgan fingerprint density at radius 1 is 1.43 bits per heavy atom. The van der Waals surface area contributed by atoms with E-state index in [9.17, 15) is 4.79 Å². The molecule has 0 spiro atoms. The highest BCUT2D eigenvalue weighted by Crippen LogP contribution is 2.28. The van der Waals surface area contributed by atoms with E-state index in [1.165, 1.54) is 25.7 Å². The first-order valence-corrected chi connectivity index (χ1v) is 5.35. The lowest BCUT2D eigenvalue weighted by Gasteiger charge is -2.05. The minimum atomic E-state index is 0.171. The number of hydrogen-bond donors (Lipinski definition) is 0. The van der Waals surface area contributed by atoms with Crippen molar-refractivity contribution in [1.29, 1.82) is 0 Å². The lowest BCUT2D eigenvalue weighted by atomic mass is 10.0. The Morgan fingerprint density at radius 2 is 2.14 bits per heavy atom. The lowest BCUT2D eigenvalue weighted by molar-refractivity contribution is 0.0933. The van der Waals surface area contributed by atoms with E-state index in [-0.39, 0.29) is 5.78 Å². The number of hydrogen-bond acceptors (Lipinski definition) is 2. The van der Waals surface area contributed by atoms with Gasteiger partial charge in [0.05, 0.1) is 0 Å². The van der Waals surface area contributed by atoms with Gasteiger partial charge in [-0.1, -0.05) is 25.7 Å². The number of ketones is 1. The van der Waals surface area contributed by atoms with Crippen LogP contribution in [0.5, 0.6) is 0 Å². The van der Waals surface area contributed by atoms with Crippen LogP contribution in [-0.4, -0.2) is 5.78 Å². The predicted octanol–water partition coefficient (Wildman–Crippen LogP) is 3.35. The molecule has 1 aliphatic rings. The molecule has 0 radical (unpaired) electrons. The Hall–Kier alpha value is -1.05. The van der Waals surface area contributed by atoms with Crippen LogP contribution in [0.15, 0.2) is 16.5 Å². The molecule has 1 saturated carbocycles. The third kappa shape index (κ3) is 2.06. The summed E-state index contributed by atoms with van der Waals surface area (Å²) < 4.78 is 5.31. The maximum atomic E-state index is 11.7. The largest absolute Gasteiger partial charge is 0.458 e. The second-order valence-corrected chi connectivity index (χ2v) is 4.19. The number of carbonyl (C=O) groups excluding carboxylic acids is 1. The number of aryl methyl sites for hydroxylation is 1. The molecular formula is C12H16O2. The van der Waals surface area contributed by atoms with Crippen molar-refractivity contribution in [3.05, 3.63) is 23.7 Å². The fraction of sp³-hybridized carbons (Fsp3) is 0.583. The van der Waals surface area contributed by atoms with Crippen LogP contribution in [0.2, 0.25) is 0 Å². The zero-order valence-corrected chi connectivity index (χ0v) is 8.58. The van der Waals surface area contributed by atoms with Gasteiger partial charge in [-0.05, 0) is 25.0 Å². The van der Waals surface area contributed by atoms with Crippen molar-refractivity contribution < 1.29 is 9.21 Å². The van der Waals surface area contributed by atoms with Crippen molar-refractivity contribution in [2.24, 2.45) is 5.92 Å². The Kier molecular flexibility index (Phi) is 2.71. The smallest absolute Gasteiger partial charge is 0.198 e. The fourth-order valence-electron chi connectivity index (χ4n) is 2.16. The Balaban J connectivity index is 1.95. The van der Waals surface area contributed by atoms with Gasteiger partial charge in [0.1, 0.15) is 5.76 Å². The number of furan rings is 1. The van der Waals surface area contributed by atoms with Gasteiger partial charge in [0.15, 0.2) is 11.5 Å². The number of rotatable bonds is 3. The van der Waals surface area contributed by atoms with E-state index in [0.29, 0.717) is 18.1 Å². The van der Waals surface area contributed by atoms with Crippen LogP contribution in [0.3, 0.4) is 0 Å². The van der Waals surface area contributed by atoms with Crippen molar-refractivity contribution in [3.8, 4) is 0 Å². The van der Waals surface area contributed by atoms with Crippen molar-refractivity contribution in [2.45, 2.75) is 39.0 Å². The van der Waals surface area contributed by atoms with Crippen LogP contribution in [-0.2, 0) is 0 Å². The quantitative estimate of drug-likeness (QED) is 0.687. The molecule has 1 aliphatic carbocycles. The van der Waals surface area contributed by atoms with E-state index in [1.807, 2.05) is 13.0 Å². The summed E-state index contributed by atoms with van der Waals surface area (Å²) in [6, 6.07) is 3.63. The van der Waals surface area contributed by atoms with Crippen LogP contribution in [0.1, 0.15) is 48.4 Å². The fourth-order valence-corrected chi connectivity index (χ4v) is 2.16. The highest BCUT2D eigenvalue weighted by molar-refractivity contribution is 5.93. The van der Waals surface area contributed by atoms with E-state index in [4.69, 9.17) is 4.42 Å². The molecule has 14 heavy (non-hydrogen) atoms. The van der Waals surface area contributed by atoms with Crippen LogP contribution >= 0.6 is 0 Å². The molecule has 0 saturated heterocycles. The molecular weight excluding hydrogens is 176 g/mol. The SMILES string of the molecule is Cc1ccc(C(=O)CC2CCCC2)o1. The topological polar surface area (TPSA) is 30.2 Å². The Labute approximate surface area is 84.3 Å². The van der Waals surface area contributed by atoms with Gasteiger partial charge in [-0.15, -0.1) is 0 Å². The van der Waals surface area contributed by atoms with Crippen molar-refractivity contribution in [1.82, 2.24) is 0 Å². The molecule has 0 atom stereocenters. The number of Topliss-reactive ketones (excluding diaryl/α,β-unsaturated/α-hetero) is 1. The lowest BCUT2D eigenvalue weighted by Crippen LogP contribution is -2.04. The molecule has 1 aromatic rings. The molecule has 1 aromatic heterocycles. The third-order valence-corrected chi connectivity index (χ3v) is 2.96. The van der Waals surface area contributed by atoms with Crippen LogP contribution in [0, 0.1) is 12.8 Å². The minimum Gasteiger partial charge on any atom is -0.458 e. The van der Waals surface area contributed by atoms with Gasteiger partial charge in [-0.3, -0.25) is 4.79 Å². The molecule has 0 unspecified atom stereocenters. The standard InChI is InChI=1S/C12H16O2/c1-9-6-7-12(14-9)11(13)8-10-4-2-3-5-10/h6-7,10H,2-5,8H2,1H3. The Bertz CT molecular complexity index is 319. The summed E-state index contributed by atoms with van der Waals surface area (Å²) in [4.78, 5) is 11.7. The molecule has 1 heterocycles. The minimum absolute atomic E-state index is 0.171. The summed E-state index contributed by atoms with van der Waals surface area (Å²) in [5.74, 6) is 2.13. The number of carbonyl (C=O) groups is 1. The molecule has 1 fully saturated rings. The summed E-state index contributed by atoms with van der Waals surface area (Å²) in [6.45, 7) is 1.87. The molecule has 0 amide bonds. The zero-order valence-electron chi connectivity index (χ0n) is 8.58. The molecule has 0 aromatic carbocycles. The molecule has 2 heteroatoms.